The van der Waals surface area contributed by atoms with Gasteiger partial charge in [-0.2, -0.15) is 0 Å². The van der Waals surface area contributed by atoms with Gasteiger partial charge in [0.1, 0.15) is 42.3 Å². The predicted molar refractivity (Wildman–Crippen MR) is 263 cm³/mol. The highest BCUT2D eigenvalue weighted by molar-refractivity contribution is 5.98. The molecule has 9 atom stereocenters. The monoisotopic (exact) mass is 980 g/mol. The fourth-order valence-corrected chi connectivity index (χ4v) is 7.97. The van der Waals surface area contributed by atoms with Crippen molar-refractivity contribution in [2.24, 2.45) is 45.5 Å². The molecule has 3 rings (SSSR count). The van der Waals surface area contributed by atoms with E-state index in [1.807, 2.05) is 26.8 Å². The van der Waals surface area contributed by atoms with E-state index in [1.165, 1.54) is 24.3 Å². The van der Waals surface area contributed by atoms with Gasteiger partial charge >= 0.3 is 0 Å². The van der Waals surface area contributed by atoms with E-state index in [4.69, 9.17) is 28.7 Å². The van der Waals surface area contributed by atoms with Crippen LogP contribution in [0.4, 0.5) is 0 Å². The maximum absolute atomic E-state index is 14.5. The number of hydrogen-bond acceptors (Lipinski definition) is 12. The number of aromatic amines is 1. The van der Waals surface area contributed by atoms with Crippen molar-refractivity contribution >= 4 is 53.2 Å². The number of carbonyl (C=O) groups excluding carboxylic acids is 8. The summed E-state index contributed by atoms with van der Waals surface area (Å²) in [5.74, 6) is -5.75. The van der Waals surface area contributed by atoms with E-state index >= 15 is 0 Å². The van der Waals surface area contributed by atoms with Crippen LogP contribution in [0.5, 0.6) is 0 Å². The summed E-state index contributed by atoms with van der Waals surface area (Å²) in [6.07, 6.45) is 6.07. The lowest BCUT2D eigenvalue weighted by Gasteiger charge is -2.32. The van der Waals surface area contributed by atoms with Crippen LogP contribution >= 0.6 is 0 Å². The molecule has 2 heterocycles. The Morgan fingerprint density at radius 2 is 1.43 bits per heavy atom. The molecule has 8 amide bonds. The number of primary amides is 1. The molecule has 1 aromatic carbocycles. The molecule has 17 N–H and O–H groups in total. The van der Waals surface area contributed by atoms with E-state index in [2.05, 4.69) is 46.9 Å². The standard InChI is InChI=1S/C47H77N15O8/c1-6-28(4)38(45(69)59-35(39(50)63)23-30-14-8-7-9-15-30)61-43(67)36(22-27(2)3)60-44(68)37-18-13-21-62(37)46(70)34(17-12-20-54-47(51)52)58-42(66)33(16-10-11-19-48)57-40(64)29(5)56-41(65)32(49)24-31-25-53-26-55-31/h7-9,14-15,25-29,32-38H,6,10-13,16-24,48-49H2,1-5H3,(H2,50,63)(H,53,55)(H,56,65)(H,57,64)(H,58,66)(H,59,69)(H,60,68)(H,61,67)(H4,51,52,54)/t28-,29-,32-,33-,34-,35-,36-,37-,38-/m0/s1. The number of aromatic nitrogens is 2. The van der Waals surface area contributed by atoms with E-state index in [0.29, 0.717) is 37.9 Å². The maximum Gasteiger partial charge on any atom is 0.245 e. The molecule has 0 saturated carbocycles. The number of benzene rings is 1. The van der Waals surface area contributed by atoms with Gasteiger partial charge in [0.25, 0.3) is 0 Å². The lowest BCUT2D eigenvalue weighted by molar-refractivity contribution is -0.143. The summed E-state index contributed by atoms with van der Waals surface area (Å²) in [6.45, 7) is 9.44. The third-order valence-corrected chi connectivity index (χ3v) is 12.1. The van der Waals surface area contributed by atoms with Crippen LogP contribution in [0.25, 0.3) is 0 Å². The normalized spacial score (nSPS) is 16.8. The quantitative estimate of drug-likeness (QED) is 0.0234. The van der Waals surface area contributed by atoms with Crippen LogP contribution in [-0.4, -0.2) is 136 Å². The minimum absolute atomic E-state index is 0.0513. The van der Waals surface area contributed by atoms with Crippen molar-refractivity contribution in [3.63, 3.8) is 0 Å². The number of rotatable bonds is 30. The average molecular weight is 980 g/mol. The number of nitrogens with one attached hydrogen (secondary N) is 7. The van der Waals surface area contributed by atoms with Crippen LogP contribution in [-0.2, 0) is 51.2 Å². The molecular weight excluding hydrogens is 903 g/mol. The molecular formula is C47H77N15O8. The zero-order valence-corrected chi connectivity index (χ0v) is 41.2. The maximum atomic E-state index is 14.5. The van der Waals surface area contributed by atoms with Crippen LogP contribution < -0.4 is 60.6 Å². The van der Waals surface area contributed by atoms with Gasteiger partial charge in [-0.3, -0.25) is 43.3 Å². The van der Waals surface area contributed by atoms with E-state index < -0.39 is 95.6 Å². The smallest absolute Gasteiger partial charge is 0.245 e. The first-order chi connectivity index (χ1) is 33.2. The summed E-state index contributed by atoms with van der Waals surface area (Å²) in [4.78, 5) is 122. The third kappa shape index (κ3) is 19.1. The number of likely N-dealkylation sites (tertiary alicyclic amines) is 1. The van der Waals surface area contributed by atoms with E-state index in [1.54, 1.807) is 31.2 Å². The second-order valence-electron chi connectivity index (χ2n) is 18.4. The van der Waals surface area contributed by atoms with Gasteiger partial charge in [-0.15, -0.1) is 0 Å². The van der Waals surface area contributed by atoms with Crippen molar-refractivity contribution in [3.8, 4) is 0 Å². The SMILES string of the molecule is CC[C@H](C)[C@H](NC(=O)[C@H](CC(C)C)NC(=O)[C@@H]1CCCN1C(=O)[C@H](CCCN=C(N)N)NC(=O)[C@H](CCCCN)NC(=O)[C@H](C)NC(=O)[C@@H](N)Cc1cnc[nH]1)C(=O)N[C@@H](Cc1ccccc1)C(N)=O. The van der Waals surface area contributed by atoms with Gasteiger partial charge in [0.15, 0.2) is 5.96 Å². The molecule has 1 aromatic heterocycles. The minimum atomic E-state index is -1.20. The molecule has 1 fully saturated rings. The predicted octanol–water partition coefficient (Wildman–Crippen LogP) is -1.80. The second kappa shape index (κ2) is 29.4. The highest BCUT2D eigenvalue weighted by Gasteiger charge is 2.40. The zero-order chi connectivity index (χ0) is 51.9. The Morgan fingerprint density at radius 3 is 2.04 bits per heavy atom. The second-order valence-corrected chi connectivity index (χ2v) is 18.4. The number of carbonyl (C=O) groups is 8. The molecule has 23 heteroatoms. The molecule has 0 unspecified atom stereocenters. The topological polar surface area (TPSA) is 383 Å². The Bertz CT molecular complexity index is 2050. The van der Waals surface area contributed by atoms with Crippen molar-refractivity contribution in [3.05, 3.63) is 54.1 Å². The summed E-state index contributed by atoms with van der Waals surface area (Å²) >= 11 is 0. The number of H-pyrrole nitrogens is 1. The van der Waals surface area contributed by atoms with Crippen molar-refractivity contribution in [2.75, 3.05) is 19.6 Å². The molecule has 0 aliphatic carbocycles. The Morgan fingerprint density at radius 1 is 0.771 bits per heavy atom. The van der Waals surface area contributed by atoms with Crippen LogP contribution in [0.1, 0.15) is 104 Å². The Kier molecular flexibility index (Phi) is 24.2. The van der Waals surface area contributed by atoms with Crippen molar-refractivity contribution in [1.29, 1.82) is 0 Å². The number of imidazole rings is 1. The summed E-state index contributed by atoms with van der Waals surface area (Å²) in [7, 11) is 0. The van der Waals surface area contributed by atoms with Crippen LogP contribution in [0.3, 0.4) is 0 Å². The first kappa shape index (κ1) is 57.7. The number of hydrogen-bond donors (Lipinski definition) is 12. The fraction of sp³-hybridized carbons (Fsp3) is 0.617. The molecule has 1 aliphatic heterocycles. The molecule has 0 spiro atoms. The average Bonchev–Trinajstić information content (AvgIpc) is 4.03. The van der Waals surface area contributed by atoms with Gasteiger partial charge in [-0.1, -0.05) is 64.4 Å². The molecule has 2 aromatic rings. The van der Waals surface area contributed by atoms with Gasteiger partial charge in [-0.25, -0.2) is 4.98 Å². The Balaban J connectivity index is 1.80. The third-order valence-electron chi connectivity index (χ3n) is 12.1. The molecule has 1 saturated heterocycles. The lowest BCUT2D eigenvalue weighted by atomic mass is 9.95. The molecule has 23 nitrogen and oxygen atoms in total. The molecule has 0 radical (unpaired) electrons. The van der Waals surface area contributed by atoms with Crippen molar-refractivity contribution < 1.29 is 38.4 Å². The van der Waals surface area contributed by atoms with Crippen molar-refractivity contribution in [2.45, 2.75) is 154 Å². The number of guanidine groups is 1. The van der Waals surface area contributed by atoms with Gasteiger partial charge in [0, 0.05) is 37.8 Å². The van der Waals surface area contributed by atoms with Crippen molar-refractivity contribution in [1.82, 2.24) is 46.8 Å². The van der Waals surface area contributed by atoms with E-state index in [9.17, 15) is 38.4 Å². The lowest BCUT2D eigenvalue weighted by Crippen LogP contribution is -2.60. The Labute approximate surface area is 410 Å². The minimum Gasteiger partial charge on any atom is -0.370 e. The first-order valence-electron chi connectivity index (χ1n) is 24.2. The summed E-state index contributed by atoms with van der Waals surface area (Å²) in [6, 6.07) is 0.326. The molecule has 0 bridgehead atoms. The zero-order valence-electron chi connectivity index (χ0n) is 41.2. The van der Waals surface area contributed by atoms with Crippen LogP contribution in [0.2, 0.25) is 0 Å². The number of aliphatic imine (C=N–C) groups is 1. The number of nitrogens with two attached hydrogens (primary N) is 5. The number of unbranched alkanes of at least 4 members (excludes halogenated alkanes) is 1. The number of nitrogens with zero attached hydrogens (tertiary/aromatic N) is 3. The summed E-state index contributed by atoms with van der Waals surface area (Å²) < 4.78 is 0. The van der Waals surface area contributed by atoms with Gasteiger partial charge < -0.3 is 70.5 Å². The van der Waals surface area contributed by atoms with Gasteiger partial charge in [0.05, 0.1) is 12.4 Å². The highest BCUT2D eigenvalue weighted by Crippen LogP contribution is 2.21. The van der Waals surface area contributed by atoms with E-state index in [-0.39, 0.29) is 75.8 Å². The van der Waals surface area contributed by atoms with Crippen LogP contribution in [0.15, 0.2) is 47.8 Å². The van der Waals surface area contributed by atoms with Crippen LogP contribution in [0, 0.1) is 11.8 Å². The van der Waals surface area contributed by atoms with Gasteiger partial charge in [0.2, 0.25) is 47.3 Å². The molecule has 70 heavy (non-hydrogen) atoms. The Hall–Kier alpha value is -6.62. The fourth-order valence-electron chi connectivity index (χ4n) is 7.97. The highest BCUT2D eigenvalue weighted by atomic mass is 16.2. The molecule has 1 aliphatic rings. The number of amides is 8. The summed E-state index contributed by atoms with van der Waals surface area (Å²) in [5.41, 5.74) is 30.0. The largest absolute Gasteiger partial charge is 0.370 e. The molecule has 388 valence electrons. The first-order valence-corrected chi connectivity index (χ1v) is 24.2. The van der Waals surface area contributed by atoms with Gasteiger partial charge in [-0.05, 0) is 82.2 Å². The van der Waals surface area contributed by atoms with E-state index in [0.717, 1.165) is 5.56 Å². The summed E-state index contributed by atoms with van der Waals surface area (Å²) in [5, 5.41) is 16.4.